The van der Waals surface area contributed by atoms with E-state index in [0.717, 1.165) is 29.9 Å². The highest BCUT2D eigenvalue weighted by Crippen LogP contribution is 2.31. The fraction of sp³-hybridized carbons (Fsp3) is 0.421. The van der Waals surface area contributed by atoms with Gasteiger partial charge in [0.05, 0.1) is 17.9 Å². The van der Waals surface area contributed by atoms with Crippen LogP contribution in [0.1, 0.15) is 39.0 Å². The number of hydrogen-bond acceptors (Lipinski definition) is 4. The van der Waals surface area contributed by atoms with E-state index in [9.17, 15) is 4.79 Å². The van der Waals surface area contributed by atoms with Crippen LogP contribution in [0.15, 0.2) is 29.6 Å². The summed E-state index contributed by atoms with van der Waals surface area (Å²) in [5, 5.41) is 9.58. The molecule has 1 amide bonds. The molecule has 2 rings (SSSR count). The number of nitrogens with zero attached hydrogens (tertiary/aromatic N) is 2. The Kier molecular flexibility index (Phi) is 7.53. The molecule has 140 valence electrons. The smallest absolute Gasteiger partial charge is 0.230 e. The van der Waals surface area contributed by atoms with Crippen LogP contribution in [0.3, 0.4) is 0 Å². The van der Waals surface area contributed by atoms with E-state index in [2.05, 4.69) is 36.4 Å². The third-order valence-electron chi connectivity index (χ3n) is 3.76. The van der Waals surface area contributed by atoms with E-state index < -0.39 is 0 Å². The molecule has 0 aliphatic carbocycles. The molecule has 2 N–H and O–H groups in total. The van der Waals surface area contributed by atoms with Crippen LogP contribution in [0.25, 0.3) is 0 Å². The summed E-state index contributed by atoms with van der Waals surface area (Å²) in [6, 6.07) is 7.94. The highest BCUT2D eigenvalue weighted by Gasteiger charge is 2.20. The number of hydrogen-bond donors (Lipinski definition) is 2. The van der Waals surface area contributed by atoms with Gasteiger partial charge in [0.25, 0.3) is 0 Å². The van der Waals surface area contributed by atoms with Gasteiger partial charge >= 0.3 is 0 Å². The minimum atomic E-state index is -0.0473. The number of thiocarbonyl (C=S) groups is 1. The van der Waals surface area contributed by atoms with Gasteiger partial charge in [0.15, 0.2) is 10.2 Å². The van der Waals surface area contributed by atoms with Crippen LogP contribution in [-0.2, 0) is 17.8 Å². The molecular formula is C19H26N4OS2. The van der Waals surface area contributed by atoms with Gasteiger partial charge in [-0.25, -0.2) is 4.98 Å². The van der Waals surface area contributed by atoms with Crippen molar-refractivity contribution < 1.29 is 4.79 Å². The first-order valence-corrected chi connectivity index (χ1v) is 10.1. The van der Waals surface area contributed by atoms with Gasteiger partial charge in [-0.15, -0.1) is 11.3 Å². The second-order valence-corrected chi connectivity index (χ2v) is 7.66. The molecule has 5 nitrogen and oxygen atoms in total. The monoisotopic (exact) mass is 390 g/mol. The molecule has 0 saturated heterocycles. The van der Waals surface area contributed by atoms with Crippen LogP contribution >= 0.6 is 23.6 Å². The Morgan fingerprint density at radius 2 is 2.04 bits per heavy atom. The van der Waals surface area contributed by atoms with Crippen molar-refractivity contribution in [3.8, 4) is 0 Å². The topological polar surface area (TPSA) is 57.3 Å². The van der Waals surface area contributed by atoms with Crippen LogP contribution in [0.4, 0.5) is 10.8 Å². The van der Waals surface area contributed by atoms with Crippen molar-refractivity contribution in [3.05, 3.63) is 40.9 Å². The van der Waals surface area contributed by atoms with Gasteiger partial charge in [0.2, 0.25) is 5.91 Å². The number of benzene rings is 1. The number of aryl methyl sites for hydroxylation is 1. The number of amides is 1. The summed E-state index contributed by atoms with van der Waals surface area (Å²) < 4.78 is 0. The third-order valence-corrected chi connectivity index (χ3v) is 4.92. The fourth-order valence-electron chi connectivity index (χ4n) is 2.45. The van der Waals surface area contributed by atoms with E-state index in [-0.39, 0.29) is 5.91 Å². The van der Waals surface area contributed by atoms with E-state index in [0.29, 0.717) is 22.7 Å². The first-order chi connectivity index (χ1) is 12.4. The van der Waals surface area contributed by atoms with E-state index in [1.165, 1.54) is 11.3 Å². The summed E-state index contributed by atoms with van der Waals surface area (Å²) in [6.07, 6.45) is 0.857. The van der Waals surface area contributed by atoms with Crippen molar-refractivity contribution in [2.45, 2.75) is 40.7 Å². The Bertz CT molecular complexity index is 758. The largest absolute Gasteiger partial charge is 0.362 e. The molecule has 0 aliphatic heterocycles. The number of carbonyl (C=O) groups excluding carboxylic acids is 1. The quantitative estimate of drug-likeness (QED) is 0.700. The standard InChI is InChI=1S/C19H26N4OS2/c1-5-15-8-6-7-9-17(15)23(14(4)24)19-22-16(12-26-19)11-21-18(25)20-10-13(2)3/h6-9,12-13H,5,10-11H2,1-4H3,(H2,20,21,25). The van der Waals surface area contributed by atoms with Gasteiger partial charge in [-0.2, -0.15) is 0 Å². The molecule has 0 unspecified atom stereocenters. The summed E-state index contributed by atoms with van der Waals surface area (Å²) in [5.41, 5.74) is 2.88. The molecule has 0 fully saturated rings. The number of aromatic nitrogens is 1. The first-order valence-electron chi connectivity index (χ1n) is 8.77. The predicted molar refractivity (Wildman–Crippen MR) is 113 cm³/mol. The molecule has 0 saturated carbocycles. The Labute approximate surface area is 164 Å². The molecule has 26 heavy (non-hydrogen) atoms. The van der Waals surface area contributed by atoms with Crippen molar-refractivity contribution in [2.75, 3.05) is 11.4 Å². The molecule has 1 heterocycles. The molecule has 1 aromatic carbocycles. The Hall–Kier alpha value is -1.99. The number of carbonyl (C=O) groups is 1. The summed E-state index contributed by atoms with van der Waals surface area (Å²) >= 11 is 6.73. The van der Waals surface area contributed by atoms with Gasteiger partial charge in [0.1, 0.15) is 0 Å². The number of anilines is 2. The van der Waals surface area contributed by atoms with E-state index in [4.69, 9.17) is 12.2 Å². The van der Waals surface area contributed by atoms with Crippen LogP contribution in [0.2, 0.25) is 0 Å². The lowest BCUT2D eigenvalue weighted by Gasteiger charge is -2.21. The highest BCUT2D eigenvalue weighted by atomic mass is 32.1. The fourth-order valence-corrected chi connectivity index (χ4v) is 3.48. The third kappa shape index (κ3) is 5.51. The number of nitrogens with one attached hydrogen (secondary N) is 2. The SMILES string of the molecule is CCc1ccccc1N(C(C)=O)c1nc(CNC(=S)NCC(C)C)cs1. The second-order valence-electron chi connectivity index (χ2n) is 6.42. The van der Waals surface area contributed by atoms with Crippen molar-refractivity contribution in [2.24, 2.45) is 5.92 Å². The van der Waals surface area contributed by atoms with Gasteiger partial charge in [0, 0.05) is 18.8 Å². The van der Waals surface area contributed by atoms with Crippen LogP contribution in [0, 0.1) is 5.92 Å². The molecule has 0 spiro atoms. The van der Waals surface area contributed by atoms with Crippen molar-refractivity contribution in [3.63, 3.8) is 0 Å². The lowest BCUT2D eigenvalue weighted by atomic mass is 10.1. The summed E-state index contributed by atoms with van der Waals surface area (Å²) in [4.78, 5) is 18.6. The zero-order chi connectivity index (χ0) is 19.1. The zero-order valence-corrected chi connectivity index (χ0v) is 17.3. The maximum Gasteiger partial charge on any atom is 0.230 e. The maximum absolute atomic E-state index is 12.3. The molecule has 7 heteroatoms. The molecule has 1 aromatic heterocycles. The molecular weight excluding hydrogens is 364 g/mol. The van der Waals surface area contributed by atoms with Gasteiger partial charge in [-0.05, 0) is 36.2 Å². The second kappa shape index (κ2) is 9.64. The van der Waals surface area contributed by atoms with Crippen LogP contribution in [-0.4, -0.2) is 22.5 Å². The lowest BCUT2D eigenvalue weighted by molar-refractivity contribution is -0.115. The molecule has 0 atom stereocenters. The Morgan fingerprint density at radius 3 is 2.69 bits per heavy atom. The molecule has 0 aliphatic rings. The Balaban J connectivity index is 2.10. The summed E-state index contributed by atoms with van der Waals surface area (Å²) in [7, 11) is 0. The number of rotatable bonds is 7. The van der Waals surface area contributed by atoms with Crippen LogP contribution in [0.5, 0.6) is 0 Å². The van der Waals surface area contributed by atoms with E-state index in [1.807, 2.05) is 29.6 Å². The van der Waals surface area contributed by atoms with Gasteiger partial charge < -0.3 is 10.6 Å². The van der Waals surface area contributed by atoms with Crippen molar-refractivity contribution >= 4 is 45.4 Å². The average Bonchev–Trinajstić information content (AvgIpc) is 3.07. The highest BCUT2D eigenvalue weighted by molar-refractivity contribution is 7.80. The minimum absolute atomic E-state index is 0.0473. The minimum Gasteiger partial charge on any atom is -0.362 e. The summed E-state index contributed by atoms with van der Waals surface area (Å²) in [6.45, 7) is 9.28. The maximum atomic E-state index is 12.3. The predicted octanol–water partition coefficient (Wildman–Crippen LogP) is 4.01. The Morgan fingerprint density at radius 1 is 1.31 bits per heavy atom. The number of para-hydroxylation sites is 1. The van der Waals surface area contributed by atoms with Gasteiger partial charge in [-0.1, -0.05) is 39.0 Å². The molecule has 0 radical (unpaired) electrons. The molecule has 0 bridgehead atoms. The van der Waals surface area contributed by atoms with Crippen molar-refractivity contribution in [1.82, 2.24) is 15.6 Å². The normalized spacial score (nSPS) is 10.7. The zero-order valence-electron chi connectivity index (χ0n) is 15.7. The first kappa shape index (κ1) is 20.3. The van der Waals surface area contributed by atoms with Crippen LogP contribution < -0.4 is 15.5 Å². The number of thiazole rings is 1. The van der Waals surface area contributed by atoms with E-state index in [1.54, 1.807) is 11.8 Å². The van der Waals surface area contributed by atoms with Crippen molar-refractivity contribution in [1.29, 1.82) is 0 Å². The average molecular weight is 391 g/mol. The molecule has 2 aromatic rings. The van der Waals surface area contributed by atoms with E-state index >= 15 is 0 Å². The van der Waals surface area contributed by atoms with Gasteiger partial charge in [-0.3, -0.25) is 9.69 Å². The lowest BCUT2D eigenvalue weighted by Crippen LogP contribution is -2.36. The summed E-state index contributed by atoms with van der Waals surface area (Å²) in [5.74, 6) is 0.484.